The molecule has 0 aliphatic carbocycles. The second-order valence-corrected chi connectivity index (χ2v) is 5.38. The van der Waals surface area contributed by atoms with Crippen molar-refractivity contribution in [3.63, 3.8) is 0 Å². The van der Waals surface area contributed by atoms with Crippen molar-refractivity contribution in [3.8, 4) is 0 Å². The molecule has 0 aromatic heterocycles. The van der Waals surface area contributed by atoms with Gasteiger partial charge in [0, 0.05) is 78.5 Å². The first kappa shape index (κ1) is 15.2. The van der Waals surface area contributed by atoms with Crippen LogP contribution in [0.25, 0.3) is 0 Å². The Balaban J connectivity index is 1.74. The Kier molecular flexibility index (Phi) is 7.68. The van der Waals surface area contributed by atoms with Crippen molar-refractivity contribution >= 4 is 0 Å². The molecule has 0 amide bonds. The molecule has 2 fully saturated rings. The Morgan fingerprint density at radius 2 is 0.789 bits per heavy atom. The molecule has 2 heterocycles. The molecule has 0 aromatic rings. The minimum absolute atomic E-state index is 1.09. The average Bonchev–Trinajstić information content (AvgIpc) is 2.62. The van der Waals surface area contributed by atoms with Gasteiger partial charge in [-0.1, -0.05) is 0 Å². The molecule has 0 aromatic carbocycles. The summed E-state index contributed by atoms with van der Waals surface area (Å²) in [6.07, 6.45) is 0. The lowest BCUT2D eigenvalue weighted by Crippen LogP contribution is -2.45. The van der Waals surface area contributed by atoms with Crippen LogP contribution in [0.2, 0.25) is 0 Å². The number of hydrogen-bond donors (Lipinski definition) is 4. The van der Waals surface area contributed by atoms with Crippen molar-refractivity contribution in [3.05, 3.63) is 0 Å². The minimum Gasteiger partial charge on any atom is -0.314 e. The maximum atomic E-state index is 3.48. The Labute approximate surface area is 117 Å². The normalized spacial score (nSPS) is 26.5. The highest BCUT2D eigenvalue weighted by Gasteiger charge is 2.12. The SMILES string of the molecule is C1CNCCN(CN2CCNCCNCC2)CCN1. The highest BCUT2D eigenvalue weighted by atomic mass is 15.3. The van der Waals surface area contributed by atoms with E-state index in [1.54, 1.807) is 0 Å². The third kappa shape index (κ3) is 6.65. The molecule has 0 atom stereocenters. The summed E-state index contributed by atoms with van der Waals surface area (Å²) < 4.78 is 0. The van der Waals surface area contributed by atoms with Gasteiger partial charge in [-0.3, -0.25) is 9.80 Å². The van der Waals surface area contributed by atoms with Crippen LogP contribution in [0.15, 0.2) is 0 Å². The molecule has 4 N–H and O–H groups in total. The van der Waals surface area contributed by atoms with Crippen molar-refractivity contribution in [2.75, 3.05) is 85.2 Å². The molecule has 2 saturated heterocycles. The third-order valence-electron chi connectivity index (χ3n) is 3.78. The molecular weight excluding hydrogens is 240 g/mol. The molecule has 6 nitrogen and oxygen atoms in total. The molecule has 6 heteroatoms. The number of nitrogens with zero attached hydrogens (tertiary/aromatic N) is 2. The summed E-state index contributed by atoms with van der Waals surface area (Å²) in [4.78, 5) is 5.12. The minimum atomic E-state index is 1.09. The van der Waals surface area contributed by atoms with Gasteiger partial charge in [0.2, 0.25) is 0 Å². The van der Waals surface area contributed by atoms with Crippen LogP contribution in [0.4, 0.5) is 0 Å². The summed E-state index contributed by atoms with van der Waals surface area (Å²) in [6.45, 7) is 14.5. The third-order valence-corrected chi connectivity index (χ3v) is 3.78. The van der Waals surface area contributed by atoms with Crippen LogP contribution in [0, 0.1) is 0 Å². The van der Waals surface area contributed by atoms with Crippen LogP contribution < -0.4 is 21.3 Å². The van der Waals surface area contributed by atoms with Crippen molar-refractivity contribution < 1.29 is 0 Å². The van der Waals surface area contributed by atoms with E-state index < -0.39 is 0 Å². The van der Waals surface area contributed by atoms with E-state index >= 15 is 0 Å². The zero-order valence-electron chi connectivity index (χ0n) is 12.1. The van der Waals surface area contributed by atoms with Crippen LogP contribution in [-0.2, 0) is 0 Å². The van der Waals surface area contributed by atoms with Crippen LogP contribution >= 0.6 is 0 Å². The van der Waals surface area contributed by atoms with Gasteiger partial charge < -0.3 is 21.3 Å². The Bertz CT molecular complexity index is 183. The zero-order chi connectivity index (χ0) is 13.2. The lowest BCUT2D eigenvalue weighted by Gasteiger charge is -2.30. The van der Waals surface area contributed by atoms with Gasteiger partial charge in [-0.15, -0.1) is 0 Å². The summed E-state index contributed by atoms with van der Waals surface area (Å²) in [5, 5.41) is 13.9. The molecule has 0 saturated carbocycles. The fourth-order valence-corrected chi connectivity index (χ4v) is 2.59. The molecule has 2 aliphatic rings. The summed E-state index contributed by atoms with van der Waals surface area (Å²) in [5.74, 6) is 0. The highest BCUT2D eigenvalue weighted by molar-refractivity contribution is 4.69. The maximum absolute atomic E-state index is 3.48. The van der Waals surface area contributed by atoms with Gasteiger partial charge in [0.05, 0.1) is 6.67 Å². The highest BCUT2D eigenvalue weighted by Crippen LogP contribution is 1.95. The molecule has 0 bridgehead atoms. The van der Waals surface area contributed by atoms with Crippen LogP contribution in [0.3, 0.4) is 0 Å². The Morgan fingerprint density at radius 3 is 1.11 bits per heavy atom. The maximum Gasteiger partial charge on any atom is 0.0508 e. The van der Waals surface area contributed by atoms with Crippen molar-refractivity contribution in [1.82, 2.24) is 31.1 Å². The van der Waals surface area contributed by atoms with Gasteiger partial charge in [0.15, 0.2) is 0 Å². The van der Waals surface area contributed by atoms with E-state index in [-0.39, 0.29) is 0 Å². The summed E-state index contributed by atoms with van der Waals surface area (Å²) in [7, 11) is 0. The predicted molar refractivity (Wildman–Crippen MR) is 79.5 cm³/mol. The van der Waals surface area contributed by atoms with Crippen LogP contribution in [0.5, 0.6) is 0 Å². The molecule has 0 unspecified atom stereocenters. The number of rotatable bonds is 2. The lowest BCUT2D eigenvalue weighted by molar-refractivity contribution is 0.137. The topological polar surface area (TPSA) is 54.6 Å². The summed E-state index contributed by atoms with van der Waals surface area (Å²) in [5.41, 5.74) is 0. The first-order valence-corrected chi connectivity index (χ1v) is 7.73. The Hall–Kier alpha value is -0.240. The van der Waals surface area contributed by atoms with Gasteiger partial charge in [-0.05, 0) is 0 Å². The van der Waals surface area contributed by atoms with E-state index in [2.05, 4.69) is 31.1 Å². The molecule has 2 aliphatic heterocycles. The molecule has 0 spiro atoms. The van der Waals surface area contributed by atoms with Crippen LogP contribution in [0.1, 0.15) is 0 Å². The van der Waals surface area contributed by atoms with Crippen molar-refractivity contribution in [2.45, 2.75) is 0 Å². The van der Waals surface area contributed by atoms with E-state index in [9.17, 15) is 0 Å². The van der Waals surface area contributed by atoms with Gasteiger partial charge in [0.1, 0.15) is 0 Å². The van der Waals surface area contributed by atoms with E-state index in [1.165, 1.54) is 0 Å². The molecule has 112 valence electrons. The Morgan fingerprint density at radius 1 is 0.474 bits per heavy atom. The monoisotopic (exact) mass is 270 g/mol. The van der Waals surface area contributed by atoms with E-state index in [0.717, 1.165) is 85.2 Å². The van der Waals surface area contributed by atoms with Gasteiger partial charge in [0.25, 0.3) is 0 Å². The lowest BCUT2D eigenvalue weighted by atomic mass is 10.4. The fourth-order valence-electron chi connectivity index (χ4n) is 2.59. The summed E-state index contributed by atoms with van der Waals surface area (Å²) in [6, 6.07) is 0. The van der Waals surface area contributed by atoms with E-state index in [0.29, 0.717) is 0 Å². The quantitative estimate of drug-likeness (QED) is 0.463. The van der Waals surface area contributed by atoms with Crippen molar-refractivity contribution in [1.29, 1.82) is 0 Å². The molecule has 19 heavy (non-hydrogen) atoms. The first-order valence-electron chi connectivity index (χ1n) is 7.73. The smallest absolute Gasteiger partial charge is 0.0508 e. The molecule has 0 radical (unpaired) electrons. The van der Waals surface area contributed by atoms with E-state index in [4.69, 9.17) is 0 Å². The number of nitrogens with one attached hydrogen (secondary N) is 4. The molecular formula is C13H30N6. The van der Waals surface area contributed by atoms with E-state index in [1.807, 2.05) is 0 Å². The second kappa shape index (κ2) is 9.63. The van der Waals surface area contributed by atoms with Gasteiger partial charge in [-0.25, -0.2) is 0 Å². The summed E-state index contributed by atoms with van der Waals surface area (Å²) >= 11 is 0. The molecule has 2 rings (SSSR count). The zero-order valence-corrected chi connectivity index (χ0v) is 12.1. The largest absolute Gasteiger partial charge is 0.314 e. The number of hydrogen-bond acceptors (Lipinski definition) is 6. The standard InChI is InChI=1S/C13H30N6/c1-2-15-6-10-18(9-5-14-1)13-19-11-7-16-3-4-17-8-12-19/h14-17H,1-13H2. The van der Waals surface area contributed by atoms with Crippen molar-refractivity contribution in [2.24, 2.45) is 0 Å². The fraction of sp³-hybridized carbons (Fsp3) is 1.00. The predicted octanol–water partition coefficient (Wildman–Crippen LogP) is -2.07. The first-order chi connectivity index (χ1) is 9.45. The average molecular weight is 270 g/mol. The second-order valence-electron chi connectivity index (χ2n) is 5.38. The van der Waals surface area contributed by atoms with Gasteiger partial charge >= 0.3 is 0 Å². The van der Waals surface area contributed by atoms with Gasteiger partial charge in [-0.2, -0.15) is 0 Å². The van der Waals surface area contributed by atoms with Crippen LogP contribution in [-0.4, -0.2) is 95.0 Å².